The number of hydrogen-bond acceptors (Lipinski definition) is 5. The molecule has 1 heterocycles. The predicted molar refractivity (Wildman–Crippen MR) is 100 cm³/mol. The van der Waals surface area contributed by atoms with E-state index in [1.807, 2.05) is 30.3 Å². The molecule has 3 rings (SSSR count). The summed E-state index contributed by atoms with van der Waals surface area (Å²) in [6, 6.07) is 11.3. The zero-order chi connectivity index (χ0) is 19.6. The minimum atomic E-state index is -1.19. The molecule has 7 nitrogen and oxygen atoms in total. The summed E-state index contributed by atoms with van der Waals surface area (Å²) in [5.74, 6) is -2.02. The van der Waals surface area contributed by atoms with Crippen molar-refractivity contribution in [1.82, 2.24) is 15.3 Å². The highest BCUT2D eigenvalue weighted by atomic mass is 35.5. The number of carbonyl (C=O) groups is 2. The number of aryl methyl sites for hydroxylation is 1. The van der Waals surface area contributed by atoms with Crippen molar-refractivity contribution in [3.63, 3.8) is 0 Å². The van der Waals surface area contributed by atoms with Crippen LogP contribution in [-0.4, -0.2) is 38.6 Å². The summed E-state index contributed by atoms with van der Waals surface area (Å²) in [6.07, 6.45) is 0.285. The van der Waals surface area contributed by atoms with Crippen LogP contribution in [0.2, 0.25) is 5.02 Å². The van der Waals surface area contributed by atoms with Gasteiger partial charge in [0.2, 0.25) is 0 Å². The van der Waals surface area contributed by atoms with Crippen LogP contribution in [0.15, 0.2) is 36.4 Å². The van der Waals surface area contributed by atoms with Gasteiger partial charge < -0.3 is 15.5 Å². The van der Waals surface area contributed by atoms with Gasteiger partial charge in [-0.3, -0.25) is 9.59 Å². The number of hydrogen-bond donors (Lipinski definition) is 3. The lowest BCUT2D eigenvalue weighted by Gasteiger charge is -2.10. The first-order valence-corrected chi connectivity index (χ1v) is 8.46. The van der Waals surface area contributed by atoms with Crippen LogP contribution in [0.1, 0.15) is 27.6 Å². The SMILES string of the molecule is Cc1nc(Cc2ccc3cc(Cl)ccc3c2)c(O)c(C(=O)NCC(=O)O)n1. The molecule has 0 radical (unpaired) electrons. The summed E-state index contributed by atoms with van der Waals surface area (Å²) in [6.45, 7) is 1.03. The lowest BCUT2D eigenvalue weighted by Crippen LogP contribution is -2.30. The Kier molecular flexibility index (Phi) is 5.23. The number of aromatic nitrogens is 2. The number of nitrogens with zero attached hydrogens (tertiary/aromatic N) is 2. The van der Waals surface area contributed by atoms with Crippen LogP contribution in [0, 0.1) is 6.92 Å². The fourth-order valence-corrected chi connectivity index (χ4v) is 2.90. The molecule has 0 saturated carbocycles. The zero-order valence-corrected chi connectivity index (χ0v) is 15.1. The number of rotatable bonds is 5. The Hall–Kier alpha value is -3.19. The Morgan fingerprint density at radius 3 is 2.56 bits per heavy atom. The van der Waals surface area contributed by atoms with Gasteiger partial charge in [0, 0.05) is 11.4 Å². The molecule has 0 unspecified atom stereocenters. The third-order valence-corrected chi connectivity index (χ3v) is 4.16. The third-order valence-electron chi connectivity index (χ3n) is 3.92. The van der Waals surface area contributed by atoms with E-state index >= 15 is 0 Å². The van der Waals surface area contributed by atoms with Gasteiger partial charge in [-0.25, -0.2) is 9.97 Å². The van der Waals surface area contributed by atoms with Gasteiger partial charge in [-0.05, 0) is 35.4 Å². The molecule has 0 atom stereocenters. The van der Waals surface area contributed by atoms with Gasteiger partial charge in [0.25, 0.3) is 5.91 Å². The quantitative estimate of drug-likeness (QED) is 0.622. The Morgan fingerprint density at radius 1 is 1.11 bits per heavy atom. The van der Waals surface area contributed by atoms with Crippen LogP contribution in [0.4, 0.5) is 0 Å². The second-order valence-corrected chi connectivity index (χ2v) is 6.43. The van der Waals surface area contributed by atoms with E-state index in [1.165, 1.54) is 0 Å². The summed E-state index contributed by atoms with van der Waals surface area (Å²) >= 11 is 5.99. The molecule has 0 bridgehead atoms. The molecule has 0 aliphatic carbocycles. The molecule has 3 N–H and O–H groups in total. The smallest absolute Gasteiger partial charge is 0.322 e. The molecule has 0 saturated heterocycles. The van der Waals surface area contributed by atoms with Crippen molar-refractivity contribution in [3.05, 3.63) is 64.2 Å². The second kappa shape index (κ2) is 7.59. The Balaban J connectivity index is 1.91. The van der Waals surface area contributed by atoms with Gasteiger partial charge >= 0.3 is 5.97 Å². The number of carbonyl (C=O) groups excluding carboxylic acids is 1. The van der Waals surface area contributed by atoms with Crippen LogP contribution < -0.4 is 5.32 Å². The summed E-state index contributed by atoms with van der Waals surface area (Å²) in [4.78, 5) is 30.9. The van der Waals surface area contributed by atoms with E-state index in [2.05, 4.69) is 15.3 Å². The van der Waals surface area contributed by atoms with Crippen molar-refractivity contribution >= 4 is 34.2 Å². The molecule has 0 aliphatic rings. The number of carboxylic acid groups (broad SMARTS) is 1. The van der Waals surface area contributed by atoms with E-state index in [-0.39, 0.29) is 23.6 Å². The molecule has 2 aromatic carbocycles. The van der Waals surface area contributed by atoms with E-state index in [0.717, 1.165) is 16.3 Å². The van der Waals surface area contributed by atoms with E-state index in [0.29, 0.717) is 10.8 Å². The van der Waals surface area contributed by atoms with Gasteiger partial charge in [0.1, 0.15) is 12.4 Å². The Labute approximate surface area is 159 Å². The van der Waals surface area contributed by atoms with Crippen molar-refractivity contribution in [2.45, 2.75) is 13.3 Å². The predicted octanol–water partition coefficient (Wildman–Crippen LogP) is 2.70. The van der Waals surface area contributed by atoms with Crippen LogP contribution in [-0.2, 0) is 11.2 Å². The molecule has 1 amide bonds. The van der Waals surface area contributed by atoms with Crippen molar-refractivity contribution < 1.29 is 19.8 Å². The average molecular weight is 386 g/mol. The first kappa shape index (κ1) is 18.6. The van der Waals surface area contributed by atoms with Gasteiger partial charge in [-0.1, -0.05) is 35.9 Å². The molecular formula is C19H16ClN3O4. The maximum atomic E-state index is 12.1. The van der Waals surface area contributed by atoms with Gasteiger partial charge in [-0.2, -0.15) is 0 Å². The summed E-state index contributed by atoms with van der Waals surface area (Å²) in [5, 5.41) is 23.9. The van der Waals surface area contributed by atoms with Crippen LogP contribution >= 0.6 is 11.6 Å². The van der Waals surface area contributed by atoms with Crippen LogP contribution in [0.25, 0.3) is 10.8 Å². The minimum Gasteiger partial charge on any atom is -0.504 e. The van der Waals surface area contributed by atoms with Crippen molar-refractivity contribution in [1.29, 1.82) is 0 Å². The molecular weight excluding hydrogens is 370 g/mol. The van der Waals surface area contributed by atoms with E-state index in [4.69, 9.17) is 16.7 Å². The molecule has 0 aliphatic heterocycles. The third kappa shape index (κ3) is 4.32. The Bertz CT molecular complexity index is 1050. The highest BCUT2D eigenvalue weighted by Gasteiger charge is 2.19. The number of aromatic hydroxyl groups is 1. The normalized spacial score (nSPS) is 10.7. The second-order valence-electron chi connectivity index (χ2n) is 5.99. The number of halogens is 1. The lowest BCUT2D eigenvalue weighted by atomic mass is 10.0. The van der Waals surface area contributed by atoms with Crippen molar-refractivity contribution in [3.8, 4) is 5.75 Å². The number of aliphatic carboxylic acids is 1. The highest BCUT2D eigenvalue weighted by Crippen LogP contribution is 2.25. The van der Waals surface area contributed by atoms with Crippen molar-refractivity contribution in [2.75, 3.05) is 6.54 Å². The number of nitrogens with one attached hydrogen (secondary N) is 1. The number of carboxylic acids is 1. The maximum absolute atomic E-state index is 12.1. The fraction of sp³-hybridized carbons (Fsp3) is 0.158. The number of fused-ring (bicyclic) bond motifs is 1. The van der Waals surface area contributed by atoms with Crippen LogP contribution in [0.3, 0.4) is 0 Å². The molecule has 138 valence electrons. The summed E-state index contributed by atoms with van der Waals surface area (Å²) < 4.78 is 0. The first-order valence-electron chi connectivity index (χ1n) is 8.08. The number of benzene rings is 2. The average Bonchev–Trinajstić information content (AvgIpc) is 2.62. The number of amides is 1. The van der Waals surface area contributed by atoms with Crippen LogP contribution in [0.5, 0.6) is 5.75 Å². The molecule has 27 heavy (non-hydrogen) atoms. The summed E-state index contributed by atoms with van der Waals surface area (Å²) in [5.41, 5.74) is 0.928. The first-order chi connectivity index (χ1) is 12.8. The molecule has 8 heteroatoms. The molecule has 0 spiro atoms. The monoisotopic (exact) mass is 385 g/mol. The summed E-state index contributed by atoms with van der Waals surface area (Å²) in [7, 11) is 0. The van der Waals surface area contributed by atoms with Crippen molar-refractivity contribution in [2.24, 2.45) is 0 Å². The zero-order valence-electron chi connectivity index (χ0n) is 14.4. The van der Waals surface area contributed by atoms with E-state index in [9.17, 15) is 14.7 Å². The standard InChI is InChI=1S/C19H16ClN3O4/c1-10-22-15(18(26)17(23-10)19(27)21-9-16(24)25)7-11-2-3-13-8-14(20)5-4-12(13)6-11/h2-6,8,26H,7,9H2,1H3,(H,21,27)(H,24,25). The van der Waals surface area contributed by atoms with E-state index in [1.54, 1.807) is 13.0 Å². The largest absolute Gasteiger partial charge is 0.504 e. The van der Waals surface area contributed by atoms with Gasteiger partial charge in [-0.15, -0.1) is 0 Å². The minimum absolute atomic E-state index is 0.244. The topological polar surface area (TPSA) is 112 Å². The Morgan fingerprint density at radius 2 is 1.81 bits per heavy atom. The highest BCUT2D eigenvalue weighted by molar-refractivity contribution is 6.31. The van der Waals surface area contributed by atoms with Gasteiger partial charge in [0.05, 0.1) is 5.69 Å². The fourth-order valence-electron chi connectivity index (χ4n) is 2.72. The van der Waals surface area contributed by atoms with Gasteiger partial charge in [0.15, 0.2) is 11.4 Å². The maximum Gasteiger partial charge on any atom is 0.322 e. The lowest BCUT2D eigenvalue weighted by molar-refractivity contribution is -0.135. The molecule has 3 aromatic rings. The van der Waals surface area contributed by atoms with E-state index < -0.39 is 18.4 Å². The molecule has 1 aromatic heterocycles. The molecule has 0 fully saturated rings.